The summed E-state index contributed by atoms with van der Waals surface area (Å²) in [6.45, 7) is 4.55. The molecule has 6 aromatic carbocycles. The third kappa shape index (κ3) is 2.82. The maximum atomic E-state index is 7.16. The largest absolute Gasteiger partial charge is 0.456 e. The average Bonchev–Trinajstić information content (AvgIpc) is 3.88. The van der Waals surface area contributed by atoms with Crippen molar-refractivity contribution >= 4 is 71.5 Å². The van der Waals surface area contributed by atoms with Gasteiger partial charge in [0.05, 0.1) is 11.6 Å². The van der Waals surface area contributed by atoms with Gasteiger partial charge in [0.15, 0.2) is 11.2 Å². The van der Waals surface area contributed by atoms with Crippen molar-refractivity contribution < 1.29 is 13.9 Å². The van der Waals surface area contributed by atoms with Gasteiger partial charge in [-0.2, -0.15) is 18.1 Å². The minimum atomic E-state index is -0.751. The van der Waals surface area contributed by atoms with Gasteiger partial charge in [0.1, 0.15) is 39.9 Å². The predicted molar refractivity (Wildman–Crippen MR) is 223 cm³/mol. The van der Waals surface area contributed by atoms with Crippen molar-refractivity contribution in [3.63, 3.8) is 0 Å². The van der Waals surface area contributed by atoms with E-state index in [0.717, 1.165) is 30.2 Å². The van der Waals surface area contributed by atoms with Gasteiger partial charge in [-0.3, -0.25) is 0 Å². The quantitative estimate of drug-likeness (QED) is 0.123. The fourth-order valence-electron chi connectivity index (χ4n) is 12.1. The molecule has 7 heterocycles. The molecule has 0 saturated carbocycles. The zero-order chi connectivity index (χ0) is 36.3. The summed E-state index contributed by atoms with van der Waals surface area (Å²) in [5, 5.41) is 9.12. The second-order valence-corrected chi connectivity index (χ2v) is 16.5. The molecule has 5 aliphatic rings. The Labute approximate surface area is 320 Å². The van der Waals surface area contributed by atoms with Crippen LogP contribution in [0.5, 0.6) is 11.5 Å². The van der Waals surface area contributed by atoms with Crippen LogP contribution in [0.2, 0.25) is 0 Å². The van der Waals surface area contributed by atoms with E-state index < -0.39 is 5.66 Å². The lowest BCUT2D eigenvalue weighted by Gasteiger charge is -2.36. The van der Waals surface area contributed by atoms with Gasteiger partial charge in [-0.1, -0.05) is 72.8 Å². The molecule has 10 aromatic rings. The van der Waals surface area contributed by atoms with E-state index in [0.29, 0.717) is 0 Å². The first kappa shape index (κ1) is 28.5. The number of allylic oxidation sites excluding steroid dienone is 3. The molecule has 56 heavy (non-hydrogen) atoms. The van der Waals surface area contributed by atoms with E-state index in [4.69, 9.17) is 4.74 Å². The van der Waals surface area contributed by atoms with Crippen molar-refractivity contribution in [1.82, 2.24) is 8.97 Å². The highest BCUT2D eigenvalue weighted by Crippen LogP contribution is 2.59. The Hall–Kier alpha value is -6.98. The van der Waals surface area contributed by atoms with Crippen LogP contribution >= 0.6 is 0 Å². The minimum absolute atomic E-state index is 0.751. The standard InChI is InChI=1S/C51H32N4O/c1-27-10-7-11-28(2)41(27)37-26-53-50-45-34(44-33-15-8-12-29-19-20-30-13-9-16-35(43(30)42(29)33)48(44)55(37)50)22-24-38-46(45)51(53)47-39(56-38)23-21-32-31-14-3-4-17-36(31)54(49(32)47)40-18-5-6-25-52(40)51/h3-12,14-18,20-26H,13,19H2,1-2H3/q+2. The van der Waals surface area contributed by atoms with E-state index in [9.17, 15) is 0 Å². The van der Waals surface area contributed by atoms with Crippen LogP contribution < -0.4 is 13.9 Å². The van der Waals surface area contributed by atoms with Gasteiger partial charge < -0.3 is 4.74 Å². The lowest BCUT2D eigenvalue weighted by Crippen LogP contribution is -2.75. The number of aryl methyl sites for hydroxylation is 2. The summed E-state index contributed by atoms with van der Waals surface area (Å²) in [5.41, 5.74) is 17.2. The number of benzene rings is 6. The van der Waals surface area contributed by atoms with E-state index in [2.05, 4.69) is 166 Å². The molecule has 260 valence electrons. The average molecular weight is 717 g/mol. The van der Waals surface area contributed by atoms with Gasteiger partial charge >= 0.3 is 5.66 Å². The topological polar surface area (TPSA) is 26.3 Å². The first-order valence-corrected chi connectivity index (χ1v) is 19.8. The van der Waals surface area contributed by atoms with Crippen LogP contribution in [0.25, 0.3) is 88.6 Å². The minimum Gasteiger partial charge on any atom is -0.456 e. The molecule has 5 heteroatoms. The molecule has 0 saturated heterocycles. The van der Waals surface area contributed by atoms with Crippen LogP contribution in [0.15, 0.2) is 128 Å². The van der Waals surface area contributed by atoms with Crippen molar-refractivity contribution in [2.45, 2.75) is 32.4 Å². The number of hydrogen-bond acceptors (Lipinski definition) is 1. The van der Waals surface area contributed by atoms with Crippen molar-refractivity contribution in [3.8, 4) is 28.6 Å². The molecular formula is C51H32N4O+2. The number of aromatic nitrogens is 4. The highest BCUT2D eigenvalue weighted by molar-refractivity contribution is 6.28. The summed E-state index contributed by atoms with van der Waals surface area (Å²) in [4.78, 5) is 0. The summed E-state index contributed by atoms with van der Waals surface area (Å²) in [7, 11) is 0. The number of imidazole rings is 1. The molecule has 1 atom stereocenters. The van der Waals surface area contributed by atoms with Crippen molar-refractivity contribution in [2.24, 2.45) is 0 Å². The molecule has 0 radical (unpaired) electrons. The molecular weight excluding hydrogens is 685 g/mol. The van der Waals surface area contributed by atoms with Gasteiger partial charge in [0, 0.05) is 38.7 Å². The third-order valence-electron chi connectivity index (χ3n) is 14.0. The smallest absolute Gasteiger partial charge is 0.318 e. The van der Waals surface area contributed by atoms with E-state index in [1.54, 1.807) is 0 Å². The molecule has 4 aromatic heterocycles. The van der Waals surface area contributed by atoms with Crippen LogP contribution in [0.4, 0.5) is 0 Å². The third-order valence-corrected chi connectivity index (χ3v) is 14.0. The van der Waals surface area contributed by atoms with Crippen LogP contribution in [-0.4, -0.2) is 8.97 Å². The fraction of sp³-hybridized carbons (Fsp3) is 0.0980. The fourth-order valence-corrected chi connectivity index (χ4v) is 12.1. The van der Waals surface area contributed by atoms with Crippen LogP contribution in [0, 0.1) is 13.8 Å². The predicted octanol–water partition coefficient (Wildman–Crippen LogP) is 10.7. The lowest BCUT2D eigenvalue weighted by atomic mass is 9.78. The van der Waals surface area contributed by atoms with E-state index >= 15 is 0 Å². The van der Waals surface area contributed by atoms with Crippen LogP contribution in [-0.2, 0) is 12.1 Å². The van der Waals surface area contributed by atoms with Gasteiger partial charge in [0.25, 0.3) is 11.5 Å². The Balaban J connectivity index is 1.27. The lowest BCUT2D eigenvalue weighted by molar-refractivity contribution is -0.956. The van der Waals surface area contributed by atoms with Crippen molar-refractivity contribution in [1.29, 1.82) is 0 Å². The molecule has 0 bridgehead atoms. The molecule has 1 spiro atoms. The SMILES string of the molecule is Cc1cccc(C)c1-c1c[n+]2c3c4c5c(ccc4c4c6cccc7c6c6c(c4n13)C=CCC6=CC7)Oc1ccc3c4ccccc4n4c3c1C52[n+]1ccccc1-4. The summed E-state index contributed by atoms with van der Waals surface area (Å²) >= 11 is 0. The monoisotopic (exact) mass is 716 g/mol. The van der Waals surface area contributed by atoms with Gasteiger partial charge in [-0.25, -0.2) is 0 Å². The normalized spacial score (nSPS) is 17.6. The summed E-state index contributed by atoms with van der Waals surface area (Å²) < 4.78 is 17.5. The molecule has 0 N–H and O–H groups in total. The van der Waals surface area contributed by atoms with Crippen LogP contribution in [0.1, 0.15) is 45.4 Å². The highest BCUT2D eigenvalue weighted by atomic mass is 16.5. The highest BCUT2D eigenvalue weighted by Gasteiger charge is 2.65. The molecule has 15 rings (SSSR count). The first-order valence-electron chi connectivity index (χ1n) is 19.8. The molecule has 0 amide bonds. The summed E-state index contributed by atoms with van der Waals surface area (Å²) in [6.07, 6.45) is 14.0. The Bertz CT molecular complexity index is 3680. The number of nitrogens with zero attached hydrogens (tertiary/aromatic N) is 4. The Morgan fingerprint density at radius 2 is 1.43 bits per heavy atom. The Morgan fingerprint density at radius 1 is 0.643 bits per heavy atom. The number of hydrogen-bond donors (Lipinski definition) is 0. The van der Waals surface area contributed by atoms with E-state index in [1.165, 1.54) is 116 Å². The van der Waals surface area contributed by atoms with E-state index in [1.807, 2.05) is 0 Å². The molecule has 0 fully saturated rings. The second kappa shape index (κ2) is 9.10. The van der Waals surface area contributed by atoms with Gasteiger partial charge in [0.2, 0.25) is 0 Å². The van der Waals surface area contributed by atoms with Crippen LogP contribution in [0.3, 0.4) is 0 Å². The summed E-state index contributed by atoms with van der Waals surface area (Å²) in [6, 6.07) is 38.4. The summed E-state index contributed by atoms with van der Waals surface area (Å²) in [5.74, 6) is 2.97. The molecule has 3 aliphatic heterocycles. The maximum absolute atomic E-state index is 7.16. The number of fused-ring (bicyclic) bond motifs is 10. The molecule has 2 aliphatic carbocycles. The maximum Gasteiger partial charge on any atom is 0.318 e. The zero-order valence-electron chi connectivity index (χ0n) is 30.8. The molecule has 1 unspecified atom stereocenters. The number of para-hydroxylation sites is 1. The molecule has 5 nitrogen and oxygen atoms in total. The zero-order valence-corrected chi connectivity index (χ0v) is 30.8. The second-order valence-electron chi connectivity index (χ2n) is 16.5. The Kier molecular flexibility index (Phi) is 4.62. The Morgan fingerprint density at radius 3 is 2.34 bits per heavy atom. The number of pyridine rings is 2. The van der Waals surface area contributed by atoms with Crippen molar-refractivity contribution in [3.05, 3.63) is 167 Å². The van der Waals surface area contributed by atoms with Gasteiger partial charge in [-0.05, 0) is 108 Å². The number of rotatable bonds is 1. The van der Waals surface area contributed by atoms with Crippen molar-refractivity contribution in [2.75, 3.05) is 0 Å². The van der Waals surface area contributed by atoms with Gasteiger partial charge in [-0.15, -0.1) is 0 Å². The number of ether oxygens (including phenoxy) is 1. The first-order chi connectivity index (χ1) is 27.6. The van der Waals surface area contributed by atoms with E-state index in [-0.39, 0.29) is 0 Å².